The molecule has 0 saturated heterocycles. The maximum absolute atomic E-state index is 10.8. The Morgan fingerprint density at radius 3 is 2.23 bits per heavy atom. The molecular weight excluding hydrogens is 182 g/mol. The molecule has 2 nitrogen and oxygen atoms in total. The maximum atomic E-state index is 10.8. The SMILES string of the molecule is CN(C)Cc1ccc(C(=O)S)cc1. The molecule has 0 aliphatic rings. The van der Waals surface area contributed by atoms with Crippen molar-refractivity contribution in [1.82, 2.24) is 4.90 Å². The summed E-state index contributed by atoms with van der Waals surface area (Å²) in [6.07, 6.45) is 0. The van der Waals surface area contributed by atoms with E-state index in [1.165, 1.54) is 5.56 Å². The molecule has 0 atom stereocenters. The van der Waals surface area contributed by atoms with E-state index in [0.717, 1.165) is 6.54 Å². The third-order valence-corrected chi connectivity index (χ3v) is 1.96. The molecular formula is C10H13NOS. The lowest BCUT2D eigenvalue weighted by Gasteiger charge is -2.09. The van der Waals surface area contributed by atoms with Crippen LogP contribution < -0.4 is 0 Å². The van der Waals surface area contributed by atoms with Gasteiger partial charge in [-0.05, 0) is 19.7 Å². The summed E-state index contributed by atoms with van der Waals surface area (Å²) in [5.41, 5.74) is 1.84. The molecule has 0 radical (unpaired) electrons. The molecule has 0 spiro atoms. The Labute approximate surface area is 84.0 Å². The summed E-state index contributed by atoms with van der Waals surface area (Å²) in [5, 5.41) is -0.184. The highest BCUT2D eigenvalue weighted by Crippen LogP contribution is 2.07. The molecule has 0 bridgehead atoms. The van der Waals surface area contributed by atoms with Crippen LogP contribution >= 0.6 is 12.6 Å². The van der Waals surface area contributed by atoms with Gasteiger partial charge < -0.3 is 4.90 Å². The van der Waals surface area contributed by atoms with Crippen LogP contribution in [0.4, 0.5) is 0 Å². The summed E-state index contributed by atoms with van der Waals surface area (Å²) < 4.78 is 0. The fraction of sp³-hybridized carbons (Fsp3) is 0.300. The molecule has 0 aromatic heterocycles. The van der Waals surface area contributed by atoms with E-state index in [1.807, 2.05) is 26.2 Å². The highest BCUT2D eigenvalue weighted by molar-refractivity contribution is 7.97. The van der Waals surface area contributed by atoms with E-state index in [2.05, 4.69) is 17.5 Å². The molecule has 1 aromatic carbocycles. The molecule has 0 saturated carbocycles. The first-order valence-electron chi connectivity index (χ1n) is 4.06. The van der Waals surface area contributed by atoms with Crippen molar-refractivity contribution in [3.8, 4) is 0 Å². The van der Waals surface area contributed by atoms with Crippen LogP contribution in [0.25, 0.3) is 0 Å². The fourth-order valence-electron chi connectivity index (χ4n) is 1.12. The van der Waals surface area contributed by atoms with Crippen LogP contribution in [0.3, 0.4) is 0 Å². The zero-order valence-corrected chi connectivity index (χ0v) is 8.71. The number of nitrogens with zero attached hydrogens (tertiary/aromatic N) is 1. The zero-order valence-electron chi connectivity index (χ0n) is 7.82. The Hall–Kier alpha value is -0.800. The van der Waals surface area contributed by atoms with E-state index in [9.17, 15) is 4.79 Å². The number of benzene rings is 1. The van der Waals surface area contributed by atoms with Gasteiger partial charge in [0, 0.05) is 12.1 Å². The van der Waals surface area contributed by atoms with Crippen molar-refractivity contribution in [2.24, 2.45) is 0 Å². The smallest absolute Gasteiger partial charge is 0.216 e. The third kappa shape index (κ3) is 3.20. The second-order valence-electron chi connectivity index (χ2n) is 3.24. The van der Waals surface area contributed by atoms with Gasteiger partial charge in [0.05, 0.1) is 0 Å². The van der Waals surface area contributed by atoms with Gasteiger partial charge in [0.2, 0.25) is 5.12 Å². The Balaban J connectivity index is 2.75. The molecule has 0 unspecified atom stereocenters. The molecule has 3 heteroatoms. The third-order valence-electron chi connectivity index (χ3n) is 1.70. The van der Waals surface area contributed by atoms with Crippen molar-refractivity contribution in [2.45, 2.75) is 6.54 Å². The standard InChI is InChI=1S/C10H13NOS/c1-11(2)7-8-3-5-9(6-4-8)10(12)13/h3-6H,7H2,1-2H3,(H,12,13). The monoisotopic (exact) mass is 195 g/mol. The van der Waals surface area contributed by atoms with Crippen LogP contribution in [0, 0.1) is 0 Å². The topological polar surface area (TPSA) is 20.3 Å². The fourth-order valence-corrected chi connectivity index (χ4v) is 1.27. The van der Waals surface area contributed by atoms with Crippen LogP contribution in [0.1, 0.15) is 15.9 Å². The first-order chi connectivity index (χ1) is 6.09. The molecule has 0 aliphatic heterocycles. The summed E-state index contributed by atoms with van der Waals surface area (Å²) >= 11 is 3.74. The van der Waals surface area contributed by atoms with Crippen molar-refractivity contribution in [3.05, 3.63) is 35.4 Å². The Morgan fingerprint density at radius 2 is 1.85 bits per heavy atom. The van der Waals surface area contributed by atoms with Crippen molar-refractivity contribution < 1.29 is 4.79 Å². The predicted octanol–water partition coefficient (Wildman–Crippen LogP) is 1.82. The summed E-state index contributed by atoms with van der Waals surface area (Å²) in [5.74, 6) is 0. The predicted molar refractivity (Wildman–Crippen MR) is 57.1 cm³/mol. The number of rotatable bonds is 3. The normalized spacial score (nSPS) is 10.5. The molecule has 13 heavy (non-hydrogen) atoms. The van der Waals surface area contributed by atoms with Crippen LogP contribution in [-0.4, -0.2) is 24.1 Å². The van der Waals surface area contributed by atoms with Crippen LogP contribution in [0.2, 0.25) is 0 Å². The second kappa shape index (κ2) is 4.44. The molecule has 0 fully saturated rings. The van der Waals surface area contributed by atoms with Gasteiger partial charge in [-0.2, -0.15) is 0 Å². The number of hydrogen-bond acceptors (Lipinski definition) is 2. The second-order valence-corrected chi connectivity index (χ2v) is 3.65. The lowest BCUT2D eigenvalue weighted by atomic mass is 10.1. The minimum Gasteiger partial charge on any atom is -0.305 e. The Kier molecular flexibility index (Phi) is 3.51. The van der Waals surface area contributed by atoms with Gasteiger partial charge in [-0.15, -0.1) is 12.6 Å². The van der Waals surface area contributed by atoms with Crippen molar-refractivity contribution in [2.75, 3.05) is 14.1 Å². The van der Waals surface area contributed by atoms with E-state index in [1.54, 1.807) is 12.1 Å². The molecule has 0 aliphatic carbocycles. The first kappa shape index (κ1) is 10.3. The van der Waals surface area contributed by atoms with Crippen molar-refractivity contribution in [1.29, 1.82) is 0 Å². The average molecular weight is 195 g/mol. The van der Waals surface area contributed by atoms with Gasteiger partial charge in [-0.1, -0.05) is 24.3 Å². The van der Waals surface area contributed by atoms with Crippen LogP contribution in [-0.2, 0) is 6.54 Å². The summed E-state index contributed by atoms with van der Waals surface area (Å²) in [6.45, 7) is 0.890. The minimum atomic E-state index is -0.184. The van der Waals surface area contributed by atoms with E-state index in [4.69, 9.17) is 0 Å². The number of carbonyl (C=O) groups excluding carboxylic acids is 1. The molecule has 0 heterocycles. The van der Waals surface area contributed by atoms with E-state index in [0.29, 0.717) is 5.56 Å². The molecule has 1 aromatic rings. The number of hydrogen-bond donors (Lipinski definition) is 1. The summed E-state index contributed by atoms with van der Waals surface area (Å²) in [6, 6.07) is 7.50. The van der Waals surface area contributed by atoms with Crippen LogP contribution in [0.15, 0.2) is 24.3 Å². The molecule has 0 amide bonds. The quantitative estimate of drug-likeness (QED) is 0.742. The molecule has 0 N–H and O–H groups in total. The minimum absolute atomic E-state index is 0.184. The Morgan fingerprint density at radius 1 is 1.31 bits per heavy atom. The van der Waals surface area contributed by atoms with Gasteiger partial charge in [0.15, 0.2) is 0 Å². The highest BCUT2D eigenvalue weighted by Gasteiger charge is 1.99. The van der Waals surface area contributed by atoms with Gasteiger partial charge in [-0.25, -0.2) is 0 Å². The first-order valence-corrected chi connectivity index (χ1v) is 4.51. The van der Waals surface area contributed by atoms with E-state index >= 15 is 0 Å². The number of thiol groups is 1. The zero-order chi connectivity index (χ0) is 9.84. The van der Waals surface area contributed by atoms with E-state index in [-0.39, 0.29) is 5.12 Å². The lowest BCUT2D eigenvalue weighted by Crippen LogP contribution is -2.10. The average Bonchev–Trinajstić information content (AvgIpc) is 2.04. The Bertz CT molecular complexity index is 292. The van der Waals surface area contributed by atoms with Crippen molar-refractivity contribution in [3.63, 3.8) is 0 Å². The summed E-state index contributed by atoms with van der Waals surface area (Å²) in [4.78, 5) is 12.9. The number of carbonyl (C=O) groups is 1. The summed E-state index contributed by atoms with van der Waals surface area (Å²) in [7, 11) is 4.02. The van der Waals surface area contributed by atoms with Gasteiger partial charge in [-0.3, -0.25) is 4.79 Å². The molecule has 1 rings (SSSR count). The highest BCUT2D eigenvalue weighted by atomic mass is 32.1. The van der Waals surface area contributed by atoms with Gasteiger partial charge >= 0.3 is 0 Å². The van der Waals surface area contributed by atoms with E-state index < -0.39 is 0 Å². The maximum Gasteiger partial charge on any atom is 0.216 e. The molecule has 70 valence electrons. The van der Waals surface area contributed by atoms with Crippen LogP contribution in [0.5, 0.6) is 0 Å². The van der Waals surface area contributed by atoms with Crippen molar-refractivity contribution >= 4 is 17.7 Å². The van der Waals surface area contributed by atoms with Gasteiger partial charge in [0.1, 0.15) is 0 Å². The lowest BCUT2D eigenvalue weighted by molar-refractivity contribution is 0.109. The largest absolute Gasteiger partial charge is 0.305 e. The van der Waals surface area contributed by atoms with Gasteiger partial charge in [0.25, 0.3) is 0 Å².